The molecular formula is C28H37F2N3O4S. The maximum absolute atomic E-state index is 13.6. The molecule has 2 aromatic rings. The van der Waals surface area contributed by atoms with Crippen LogP contribution in [0.4, 0.5) is 8.78 Å². The van der Waals surface area contributed by atoms with Crippen molar-refractivity contribution in [1.29, 1.82) is 0 Å². The van der Waals surface area contributed by atoms with Gasteiger partial charge in [0.05, 0.1) is 18.7 Å². The van der Waals surface area contributed by atoms with E-state index in [-0.39, 0.29) is 61.3 Å². The summed E-state index contributed by atoms with van der Waals surface area (Å²) in [6.07, 6.45) is 2.29. The Morgan fingerprint density at radius 3 is 1.97 bits per heavy atom. The van der Waals surface area contributed by atoms with Crippen LogP contribution >= 0.6 is 0 Å². The van der Waals surface area contributed by atoms with Crippen LogP contribution in [-0.4, -0.2) is 72.3 Å². The van der Waals surface area contributed by atoms with Gasteiger partial charge in [0.2, 0.25) is 21.8 Å². The van der Waals surface area contributed by atoms with Gasteiger partial charge < -0.3 is 9.80 Å². The molecule has 0 bridgehead atoms. The van der Waals surface area contributed by atoms with Gasteiger partial charge in [0.1, 0.15) is 11.6 Å². The van der Waals surface area contributed by atoms with Crippen molar-refractivity contribution in [2.24, 2.45) is 0 Å². The predicted molar refractivity (Wildman–Crippen MR) is 143 cm³/mol. The SMILES string of the molecule is CCCN(CC(=O)N(Cc1ccc(F)cc1)C1CCN(C(=O)Cc2ccc(F)cc2)CC1)S(=O)(=O)CCC. The fourth-order valence-electron chi connectivity index (χ4n) is 4.72. The summed E-state index contributed by atoms with van der Waals surface area (Å²) in [7, 11) is -3.56. The molecule has 0 radical (unpaired) electrons. The Bertz CT molecular complexity index is 1170. The lowest BCUT2D eigenvalue weighted by Crippen LogP contribution is -2.51. The normalized spacial score (nSPS) is 14.6. The third-order valence-electron chi connectivity index (χ3n) is 6.75. The van der Waals surface area contributed by atoms with E-state index in [0.717, 1.165) is 11.1 Å². The average Bonchev–Trinajstić information content (AvgIpc) is 2.89. The molecule has 0 spiro atoms. The van der Waals surface area contributed by atoms with Crippen LogP contribution in [0.5, 0.6) is 0 Å². The number of likely N-dealkylation sites (tertiary alicyclic amines) is 1. The van der Waals surface area contributed by atoms with Crippen LogP contribution in [0.3, 0.4) is 0 Å². The molecule has 38 heavy (non-hydrogen) atoms. The molecule has 0 saturated carbocycles. The van der Waals surface area contributed by atoms with Crippen molar-refractivity contribution in [3.63, 3.8) is 0 Å². The molecule has 0 aliphatic carbocycles. The maximum atomic E-state index is 13.6. The molecule has 0 unspecified atom stereocenters. The van der Waals surface area contributed by atoms with Crippen LogP contribution < -0.4 is 0 Å². The highest BCUT2D eigenvalue weighted by molar-refractivity contribution is 7.89. The molecule has 1 heterocycles. The van der Waals surface area contributed by atoms with Gasteiger partial charge in [-0.3, -0.25) is 9.59 Å². The Morgan fingerprint density at radius 1 is 0.895 bits per heavy atom. The minimum Gasteiger partial charge on any atom is -0.342 e. The summed E-state index contributed by atoms with van der Waals surface area (Å²) in [5.74, 6) is -1.12. The van der Waals surface area contributed by atoms with E-state index in [0.29, 0.717) is 38.8 Å². The summed E-state index contributed by atoms with van der Waals surface area (Å²) >= 11 is 0. The largest absolute Gasteiger partial charge is 0.342 e. The van der Waals surface area contributed by atoms with Gasteiger partial charge in [0, 0.05) is 32.2 Å². The highest BCUT2D eigenvalue weighted by atomic mass is 32.2. The molecular weight excluding hydrogens is 512 g/mol. The van der Waals surface area contributed by atoms with E-state index in [1.54, 1.807) is 41.0 Å². The first kappa shape index (κ1) is 29.7. The van der Waals surface area contributed by atoms with Crippen molar-refractivity contribution in [2.75, 3.05) is 31.9 Å². The van der Waals surface area contributed by atoms with Crippen molar-refractivity contribution in [1.82, 2.24) is 14.1 Å². The van der Waals surface area contributed by atoms with E-state index in [1.165, 1.54) is 28.6 Å². The highest BCUT2D eigenvalue weighted by Gasteiger charge is 2.32. The number of amides is 2. The lowest BCUT2D eigenvalue weighted by atomic mass is 10.0. The Morgan fingerprint density at radius 2 is 1.45 bits per heavy atom. The lowest BCUT2D eigenvalue weighted by molar-refractivity contribution is -0.137. The van der Waals surface area contributed by atoms with Gasteiger partial charge in [-0.05, 0) is 61.1 Å². The number of rotatable bonds is 12. The van der Waals surface area contributed by atoms with Crippen LogP contribution in [0, 0.1) is 11.6 Å². The van der Waals surface area contributed by atoms with Crippen molar-refractivity contribution in [3.8, 4) is 0 Å². The van der Waals surface area contributed by atoms with Gasteiger partial charge in [0.15, 0.2) is 0 Å². The zero-order chi connectivity index (χ0) is 27.7. The molecule has 208 valence electrons. The second kappa shape index (κ2) is 13.8. The molecule has 0 atom stereocenters. The number of hydrogen-bond donors (Lipinski definition) is 0. The second-order valence-electron chi connectivity index (χ2n) is 9.71. The van der Waals surface area contributed by atoms with Crippen LogP contribution in [-0.2, 0) is 32.6 Å². The van der Waals surface area contributed by atoms with Crippen molar-refractivity contribution in [3.05, 3.63) is 71.3 Å². The van der Waals surface area contributed by atoms with E-state index in [9.17, 15) is 26.8 Å². The summed E-state index contributed by atoms with van der Waals surface area (Å²) < 4.78 is 53.5. The van der Waals surface area contributed by atoms with Gasteiger partial charge in [-0.1, -0.05) is 38.1 Å². The topological polar surface area (TPSA) is 78.0 Å². The smallest absolute Gasteiger partial charge is 0.238 e. The number of carbonyl (C=O) groups is 2. The van der Waals surface area contributed by atoms with Crippen LogP contribution in [0.15, 0.2) is 48.5 Å². The molecule has 7 nitrogen and oxygen atoms in total. The number of sulfonamides is 1. The van der Waals surface area contributed by atoms with E-state index >= 15 is 0 Å². The molecule has 3 rings (SSSR count). The zero-order valence-corrected chi connectivity index (χ0v) is 22.9. The Labute approximate surface area is 224 Å². The molecule has 0 N–H and O–H groups in total. The number of carbonyl (C=O) groups excluding carboxylic acids is 2. The standard InChI is InChI=1S/C28H37F2N3O4S/c1-3-15-32(38(36,37)18-4-2)21-28(35)33(20-23-7-11-25(30)12-8-23)26-13-16-31(17-14-26)27(34)19-22-5-9-24(29)10-6-22/h5-12,26H,3-4,13-21H2,1-2H3. The molecule has 1 fully saturated rings. The minimum absolute atomic E-state index is 0.0210. The van der Waals surface area contributed by atoms with Gasteiger partial charge in [-0.25, -0.2) is 17.2 Å². The Balaban J connectivity index is 1.72. The second-order valence-corrected chi connectivity index (χ2v) is 11.8. The maximum Gasteiger partial charge on any atom is 0.238 e. The zero-order valence-electron chi connectivity index (χ0n) is 22.1. The van der Waals surface area contributed by atoms with Crippen molar-refractivity contribution < 1.29 is 26.8 Å². The first-order chi connectivity index (χ1) is 18.1. The van der Waals surface area contributed by atoms with Crippen LogP contribution in [0.2, 0.25) is 0 Å². The first-order valence-corrected chi connectivity index (χ1v) is 14.8. The van der Waals surface area contributed by atoms with E-state index < -0.39 is 10.0 Å². The average molecular weight is 550 g/mol. The number of benzene rings is 2. The quantitative estimate of drug-likeness (QED) is 0.401. The fourth-order valence-corrected chi connectivity index (χ4v) is 6.26. The fraction of sp³-hybridized carbons (Fsp3) is 0.500. The predicted octanol–water partition coefficient (Wildman–Crippen LogP) is 3.98. The monoisotopic (exact) mass is 549 g/mol. The third-order valence-corrected chi connectivity index (χ3v) is 8.78. The molecule has 1 saturated heterocycles. The van der Waals surface area contributed by atoms with Crippen molar-refractivity contribution >= 4 is 21.8 Å². The summed E-state index contributed by atoms with van der Waals surface area (Å²) in [5, 5.41) is 0. The molecule has 10 heteroatoms. The van der Waals surface area contributed by atoms with Gasteiger partial charge in [0.25, 0.3) is 0 Å². The van der Waals surface area contributed by atoms with E-state index in [4.69, 9.17) is 0 Å². The van der Waals surface area contributed by atoms with Gasteiger partial charge in [-0.15, -0.1) is 0 Å². The van der Waals surface area contributed by atoms with Gasteiger partial charge >= 0.3 is 0 Å². The molecule has 0 aromatic heterocycles. The third kappa shape index (κ3) is 8.33. The van der Waals surface area contributed by atoms with Crippen molar-refractivity contribution in [2.45, 2.75) is 58.5 Å². The van der Waals surface area contributed by atoms with E-state index in [2.05, 4.69) is 0 Å². The first-order valence-electron chi connectivity index (χ1n) is 13.2. The summed E-state index contributed by atoms with van der Waals surface area (Å²) in [6, 6.07) is 11.6. The summed E-state index contributed by atoms with van der Waals surface area (Å²) in [6.45, 7) is 4.79. The molecule has 1 aliphatic heterocycles. The van der Waals surface area contributed by atoms with E-state index in [1.807, 2.05) is 6.92 Å². The van der Waals surface area contributed by atoms with Crippen LogP contribution in [0.1, 0.15) is 50.7 Å². The molecule has 2 aromatic carbocycles. The number of piperidine rings is 1. The Kier molecular flexibility index (Phi) is 10.8. The van der Waals surface area contributed by atoms with Gasteiger partial charge in [-0.2, -0.15) is 4.31 Å². The molecule has 2 amide bonds. The lowest BCUT2D eigenvalue weighted by Gasteiger charge is -2.39. The minimum atomic E-state index is -3.56. The number of nitrogens with zero attached hydrogens (tertiary/aromatic N) is 3. The Hall–Kier alpha value is -2.85. The van der Waals surface area contributed by atoms with Crippen LogP contribution in [0.25, 0.3) is 0 Å². The summed E-state index contributed by atoms with van der Waals surface area (Å²) in [4.78, 5) is 29.8. The highest BCUT2D eigenvalue weighted by Crippen LogP contribution is 2.22. The summed E-state index contributed by atoms with van der Waals surface area (Å²) in [5.41, 5.74) is 1.48. The number of halogens is 2. The number of hydrogen-bond acceptors (Lipinski definition) is 4. The molecule has 1 aliphatic rings.